The Morgan fingerprint density at radius 1 is 1.50 bits per heavy atom. The van der Waals surface area contributed by atoms with Crippen molar-refractivity contribution < 1.29 is 19.7 Å². The molecule has 2 rings (SSSR count). The Morgan fingerprint density at radius 3 is 2.75 bits per heavy atom. The maximum atomic E-state index is 10.7. The van der Waals surface area contributed by atoms with E-state index < -0.39 is 5.60 Å². The molecular weight excluding hydrogens is 208 g/mol. The lowest BCUT2D eigenvalue weighted by Crippen LogP contribution is -2.39. The van der Waals surface area contributed by atoms with E-state index in [1.807, 2.05) is 0 Å². The van der Waals surface area contributed by atoms with Crippen molar-refractivity contribution in [1.82, 2.24) is 0 Å². The van der Waals surface area contributed by atoms with Gasteiger partial charge in [-0.1, -0.05) is 0 Å². The van der Waals surface area contributed by atoms with E-state index >= 15 is 0 Å². The number of aldehydes is 1. The Labute approximate surface area is 93.5 Å². The Morgan fingerprint density at radius 2 is 2.19 bits per heavy atom. The molecule has 0 fully saturated rings. The minimum Gasteiger partial charge on any atom is -0.507 e. The van der Waals surface area contributed by atoms with Crippen LogP contribution in [0.25, 0.3) is 0 Å². The maximum absolute atomic E-state index is 10.7. The van der Waals surface area contributed by atoms with Crippen molar-refractivity contribution in [3.63, 3.8) is 0 Å². The lowest BCUT2D eigenvalue weighted by molar-refractivity contribution is -0.0230. The van der Waals surface area contributed by atoms with Crippen LogP contribution in [0.4, 0.5) is 0 Å². The van der Waals surface area contributed by atoms with Crippen LogP contribution in [-0.4, -0.2) is 28.2 Å². The second-order valence-corrected chi connectivity index (χ2v) is 4.60. The molecule has 2 N–H and O–H groups in total. The molecule has 1 aliphatic heterocycles. The number of phenols is 1. The van der Waals surface area contributed by atoms with Crippen molar-refractivity contribution in [2.75, 3.05) is 0 Å². The van der Waals surface area contributed by atoms with E-state index in [1.54, 1.807) is 19.9 Å². The van der Waals surface area contributed by atoms with Crippen molar-refractivity contribution in [2.45, 2.75) is 32.0 Å². The summed E-state index contributed by atoms with van der Waals surface area (Å²) in [7, 11) is 0. The molecule has 16 heavy (non-hydrogen) atoms. The van der Waals surface area contributed by atoms with Gasteiger partial charge < -0.3 is 14.9 Å². The van der Waals surface area contributed by atoms with E-state index in [1.165, 1.54) is 6.07 Å². The Hall–Kier alpha value is -1.55. The molecular formula is C12H14O4. The van der Waals surface area contributed by atoms with Gasteiger partial charge in [0, 0.05) is 12.5 Å². The molecule has 0 bridgehead atoms. The number of aromatic hydroxyl groups is 1. The molecule has 0 aliphatic carbocycles. The van der Waals surface area contributed by atoms with Crippen LogP contribution in [0.3, 0.4) is 0 Å². The number of ether oxygens (including phenoxy) is 1. The number of hydrogen-bond donors (Lipinski definition) is 2. The van der Waals surface area contributed by atoms with Crippen LogP contribution in [0.5, 0.6) is 11.5 Å². The van der Waals surface area contributed by atoms with Crippen LogP contribution in [0.1, 0.15) is 29.8 Å². The standard InChI is InChI=1S/C12H14O4/c1-12(2,15)11-4-7-3-8(6-13)9(14)5-10(7)16-11/h3,5-6,11,14-15H,4H2,1-2H3. The van der Waals surface area contributed by atoms with E-state index in [-0.39, 0.29) is 17.4 Å². The van der Waals surface area contributed by atoms with Gasteiger partial charge in [-0.25, -0.2) is 0 Å². The molecule has 0 saturated heterocycles. The average molecular weight is 222 g/mol. The minimum atomic E-state index is -0.948. The van der Waals surface area contributed by atoms with Gasteiger partial charge in [-0.3, -0.25) is 4.79 Å². The molecule has 1 aliphatic rings. The summed E-state index contributed by atoms with van der Waals surface area (Å²) in [6.07, 6.45) is 0.802. The van der Waals surface area contributed by atoms with Crippen LogP contribution >= 0.6 is 0 Å². The van der Waals surface area contributed by atoms with E-state index in [9.17, 15) is 15.0 Å². The number of aliphatic hydroxyl groups is 1. The number of rotatable bonds is 2. The Bertz CT molecular complexity index is 431. The first-order chi connectivity index (χ1) is 7.41. The van der Waals surface area contributed by atoms with E-state index in [0.717, 1.165) is 5.56 Å². The highest BCUT2D eigenvalue weighted by molar-refractivity contribution is 5.80. The van der Waals surface area contributed by atoms with Gasteiger partial charge in [0.25, 0.3) is 0 Å². The fourth-order valence-corrected chi connectivity index (χ4v) is 1.79. The summed E-state index contributed by atoms with van der Waals surface area (Å²) in [5.74, 6) is 0.445. The highest BCUT2D eigenvalue weighted by Gasteiger charge is 2.35. The van der Waals surface area contributed by atoms with Crippen LogP contribution < -0.4 is 4.74 Å². The van der Waals surface area contributed by atoms with Crippen LogP contribution in [-0.2, 0) is 6.42 Å². The molecule has 1 unspecified atom stereocenters. The third-order valence-corrected chi connectivity index (χ3v) is 2.80. The molecule has 1 heterocycles. The zero-order valence-corrected chi connectivity index (χ0v) is 9.23. The molecule has 4 nitrogen and oxygen atoms in total. The number of fused-ring (bicyclic) bond motifs is 1. The Balaban J connectivity index is 2.35. The van der Waals surface area contributed by atoms with Crippen LogP contribution in [0, 0.1) is 0 Å². The number of carbonyl (C=O) groups is 1. The number of phenolic OH excluding ortho intramolecular Hbond substituents is 1. The summed E-state index contributed by atoms with van der Waals surface area (Å²) in [5, 5.41) is 19.3. The van der Waals surface area contributed by atoms with Gasteiger partial charge in [0.15, 0.2) is 6.29 Å². The summed E-state index contributed by atoms with van der Waals surface area (Å²) in [6.45, 7) is 3.34. The first-order valence-corrected chi connectivity index (χ1v) is 5.12. The second kappa shape index (κ2) is 3.49. The normalized spacial score (nSPS) is 19.1. The molecule has 0 radical (unpaired) electrons. The molecule has 1 atom stereocenters. The molecule has 0 spiro atoms. The van der Waals surface area contributed by atoms with Crippen LogP contribution in [0.2, 0.25) is 0 Å². The SMILES string of the molecule is CC(C)(O)C1Cc2cc(C=O)c(O)cc2O1. The maximum Gasteiger partial charge on any atom is 0.153 e. The molecule has 86 valence electrons. The highest BCUT2D eigenvalue weighted by atomic mass is 16.5. The molecule has 1 aromatic rings. The number of hydrogen-bond acceptors (Lipinski definition) is 4. The summed E-state index contributed by atoms with van der Waals surface area (Å²) in [6, 6.07) is 3.02. The molecule has 0 saturated carbocycles. The smallest absolute Gasteiger partial charge is 0.153 e. The predicted octanol–water partition coefficient (Wildman–Crippen LogP) is 1.28. The predicted molar refractivity (Wildman–Crippen MR) is 57.9 cm³/mol. The van der Waals surface area contributed by atoms with Crippen molar-refractivity contribution >= 4 is 6.29 Å². The third kappa shape index (κ3) is 1.76. The van der Waals surface area contributed by atoms with E-state index in [2.05, 4.69) is 0 Å². The van der Waals surface area contributed by atoms with Crippen LogP contribution in [0.15, 0.2) is 12.1 Å². The van der Waals surface area contributed by atoms with E-state index in [0.29, 0.717) is 18.5 Å². The number of carbonyl (C=O) groups excluding carboxylic acids is 1. The van der Waals surface area contributed by atoms with Gasteiger partial charge in [-0.2, -0.15) is 0 Å². The monoisotopic (exact) mass is 222 g/mol. The largest absolute Gasteiger partial charge is 0.507 e. The quantitative estimate of drug-likeness (QED) is 0.740. The lowest BCUT2D eigenvalue weighted by Gasteiger charge is -2.24. The van der Waals surface area contributed by atoms with Gasteiger partial charge in [-0.05, 0) is 25.5 Å². The fourth-order valence-electron chi connectivity index (χ4n) is 1.79. The van der Waals surface area contributed by atoms with Crippen molar-refractivity contribution in [3.8, 4) is 11.5 Å². The summed E-state index contributed by atoms with van der Waals surface area (Å²) < 4.78 is 5.53. The highest BCUT2D eigenvalue weighted by Crippen LogP contribution is 2.36. The van der Waals surface area contributed by atoms with Crippen molar-refractivity contribution in [2.24, 2.45) is 0 Å². The summed E-state index contributed by atoms with van der Waals surface area (Å²) >= 11 is 0. The van der Waals surface area contributed by atoms with Crippen molar-refractivity contribution in [3.05, 3.63) is 23.3 Å². The fraction of sp³-hybridized carbons (Fsp3) is 0.417. The molecule has 0 aromatic heterocycles. The number of benzene rings is 1. The summed E-state index contributed by atoms with van der Waals surface area (Å²) in [5.41, 5.74) is 0.140. The molecule has 0 amide bonds. The zero-order chi connectivity index (χ0) is 11.9. The van der Waals surface area contributed by atoms with Gasteiger partial charge in [0.1, 0.15) is 17.6 Å². The Kier molecular flexibility index (Phi) is 2.39. The minimum absolute atomic E-state index is 0.0925. The van der Waals surface area contributed by atoms with Gasteiger partial charge in [0.2, 0.25) is 0 Å². The molecule has 4 heteroatoms. The topological polar surface area (TPSA) is 66.8 Å². The first kappa shape index (κ1) is 11.0. The first-order valence-electron chi connectivity index (χ1n) is 5.12. The zero-order valence-electron chi connectivity index (χ0n) is 9.23. The van der Waals surface area contributed by atoms with E-state index in [4.69, 9.17) is 4.74 Å². The van der Waals surface area contributed by atoms with Gasteiger partial charge in [-0.15, -0.1) is 0 Å². The third-order valence-electron chi connectivity index (χ3n) is 2.80. The van der Waals surface area contributed by atoms with Crippen molar-refractivity contribution in [1.29, 1.82) is 0 Å². The second-order valence-electron chi connectivity index (χ2n) is 4.60. The molecule has 1 aromatic carbocycles. The summed E-state index contributed by atoms with van der Waals surface area (Å²) in [4.78, 5) is 10.7. The lowest BCUT2D eigenvalue weighted by atomic mass is 9.96. The average Bonchev–Trinajstić information content (AvgIpc) is 2.58. The van der Waals surface area contributed by atoms with Gasteiger partial charge in [0.05, 0.1) is 11.2 Å². The van der Waals surface area contributed by atoms with Gasteiger partial charge >= 0.3 is 0 Å².